The molecule has 1 heterocycles. The maximum atomic E-state index is 11.6. The molecule has 0 aromatic heterocycles. The van der Waals surface area contributed by atoms with Crippen molar-refractivity contribution in [3.63, 3.8) is 0 Å². The van der Waals surface area contributed by atoms with E-state index in [1.807, 2.05) is 13.8 Å². The third-order valence-electron chi connectivity index (χ3n) is 2.88. The lowest BCUT2D eigenvalue weighted by atomic mass is 10.0. The van der Waals surface area contributed by atoms with Crippen molar-refractivity contribution in [2.75, 3.05) is 13.1 Å². The van der Waals surface area contributed by atoms with Gasteiger partial charge in [-0.2, -0.15) is 0 Å². The number of rotatable bonds is 4. The van der Waals surface area contributed by atoms with Gasteiger partial charge in [-0.3, -0.25) is 4.79 Å². The first-order valence-electron chi connectivity index (χ1n) is 5.80. The minimum absolute atomic E-state index is 0.0226. The van der Waals surface area contributed by atoms with Crippen LogP contribution in [-0.4, -0.2) is 36.2 Å². The first-order chi connectivity index (χ1) is 7.11. The Bertz CT molecular complexity index is 201. The zero-order valence-electron chi connectivity index (χ0n) is 9.62. The Balaban J connectivity index is 2.22. The number of carbonyl (C=O) groups is 1. The van der Waals surface area contributed by atoms with E-state index in [0.29, 0.717) is 6.54 Å². The molecule has 2 atom stereocenters. The molecule has 0 aromatic rings. The topological polar surface area (TPSA) is 61.4 Å². The lowest BCUT2D eigenvalue weighted by Gasteiger charge is -2.23. The van der Waals surface area contributed by atoms with E-state index < -0.39 is 6.10 Å². The molecule has 0 bridgehead atoms. The predicted molar refractivity (Wildman–Crippen MR) is 59.5 cm³/mol. The number of carbonyl (C=O) groups excluding carboxylic acids is 1. The normalized spacial score (nSPS) is 23.9. The van der Waals surface area contributed by atoms with Crippen LogP contribution in [0.25, 0.3) is 0 Å². The number of hydrogen-bond acceptors (Lipinski definition) is 3. The van der Waals surface area contributed by atoms with Crippen molar-refractivity contribution in [3.8, 4) is 0 Å². The molecular formula is C11H22N2O2. The predicted octanol–water partition coefficient (Wildman–Crippen LogP) is 0.262. The smallest absolute Gasteiger partial charge is 0.237 e. The lowest BCUT2D eigenvalue weighted by Crippen LogP contribution is -2.48. The average molecular weight is 214 g/mol. The Morgan fingerprint density at radius 2 is 2.27 bits per heavy atom. The molecule has 0 aliphatic carbocycles. The van der Waals surface area contributed by atoms with E-state index in [4.69, 9.17) is 0 Å². The quantitative estimate of drug-likeness (QED) is 0.629. The Morgan fingerprint density at radius 1 is 1.53 bits per heavy atom. The van der Waals surface area contributed by atoms with E-state index in [1.165, 1.54) is 0 Å². The van der Waals surface area contributed by atoms with Crippen LogP contribution in [0.1, 0.15) is 33.1 Å². The van der Waals surface area contributed by atoms with Gasteiger partial charge in [-0.05, 0) is 25.3 Å². The van der Waals surface area contributed by atoms with E-state index in [9.17, 15) is 9.90 Å². The van der Waals surface area contributed by atoms with Gasteiger partial charge in [-0.1, -0.05) is 20.3 Å². The monoisotopic (exact) mass is 214 g/mol. The van der Waals surface area contributed by atoms with Gasteiger partial charge in [0.2, 0.25) is 5.91 Å². The van der Waals surface area contributed by atoms with Gasteiger partial charge >= 0.3 is 0 Å². The highest BCUT2D eigenvalue weighted by Crippen LogP contribution is 2.07. The molecule has 2 unspecified atom stereocenters. The lowest BCUT2D eigenvalue weighted by molar-refractivity contribution is -0.124. The fourth-order valence-corrected chi connectivity index (χ4v) is 1.64. The Hall–Kier alpha value is -0.610. The van der Waals surface area contributed by atoms with Crippen LogP contribution in [0.2, 0.25) is 0 Å². The summed E-state index contributed by atoms with van der Waals surface area (Å²) >= 11 is 0. The first kappa shape index (κ1) is 12.5. The standard InChI is InChI=1S/C11H22N2O2/c1-8(2)10(14)7-13-11(15)9-5-3-4-6-12-9/h8-10,12,14H,3-7H2,1-2H3,(H,13,15). The molecule has 1 rings (SSSR count). The molecular weight excluding hydrogens is 192 g/mol. The highest BCUT2D eigenvalue weighted by atomic mass is 16.3. The molecule has 1 fully saturated rings. The molecule has 88 valence electrons. The van der Waals surface area contributed by atoms with E-state index >= 15 is 0 Å². The van der Waals surface area contributed by atoms with Gasteiger partial charge in [0.25, 0.3) is 0 Å². The highest BCUT2D eigenvalue weighted by molar-refractivity contribution is 5.81. The van der Waals surface area contributed by atoms with Crippen LogP contribution in [0.4, 0.5) is 0 Å². The Kier molecular flexibility index (Phi) is 5.05. The van der Waals surface area contributed by atoms with Crippen molar-refractivity contribution in [2.24, 2.45) is 5.92 Å². The Labute approximate surface area is 91.4 Å². The van der Waals surface area contributed by atoms with Crippen LogP contribution in [-0.2, 0) is 4.79 Å². The van der Waals surface area contributed by atoms with Crippen LogP contribution >= 0.6 is 0 Å². The minimum Gasteiger partial charge on any atom is -0.391 e. The average Bonchev–Trinajstić information content (AvgIpc) is 2.26. The van der Waals surface area contributed by atoms with Crippen LogP contribution < -0.4 is 10.6 Å². The fourth-order valence-electron chi connectivity index (χ4n) is 1.64. The summed E-state index contributed by atoms with van der Waals surface area (Å²) in [6.45, 7) is 5.16. The van der Waals surface area contributed by atoms with Crippen molar-refractivity contribution in [2.45, 2.75) is 45.3 Å². The maximum absolute atomic E-state index is 11.6. The molecule has 3 N–H and O–H groups in total. The van der Waals surface area contributed by atoms with Gasteiger partial charge in [0.05, 0.1) is 12.1 Å². The van der Waals surface area contributed by atoms with Crippen molar-refractivity contribution < 1.29 is 9.90 Å². The van der Waals surface area contributed by atoms with Gasteiger partial charge < -0.3 is 15.7 Å². The molecule has 1 saturated heterocycles. The molecule has 0 radical (unpaired) electrons. The number of nitrogens with one attached hydrogen (secondary N) is 2. The number of aliphatic hydroxyl groups is 1. The molecule has 1 amide bonds. The number of piperidine rings is 1. The molecule has 4 nitrogen and oxygen atoms in total. The summed E-state index contributed by atoms with van der Waals surface area (Å²) < 4.78 is 0. The number of aliphatic hydroxyl groups excluding tert-OH is 1. The van der Waals surface area contributed by atoms with E-state index in [1.54, 1.807) is 0 Å². The van der Waals surface area contributed by atoms with Crippen LogP contribution in [0, 0.1) is 5.92 Å². The fraction of sp³-hybridized carbons (Fsp3) is 0.909. The van der Waals surface area contributed by atoms with Gasteiger partial charge in [-0.25, -0.2) is 0 Å². The molecule has 1 aliphatic rings. The molecule has 4 heteroatoms. The highest BCUT2D eigenvalue weighted by Gasteiger charge is 2.21. The largest absolute Gasteiger partial charge is 0.391 e. The zero-order chi connectivity index (χ0) is 11.3. The second kappa shape index (κ2) is 6.08. The summed E-state index contributed by atoms with van der Waals surface area (Å²) in [6, 6.07) is -0.0573. The van der Waals surface area contributed by atoms with Crippen molar-refractivity contribution in [1.82, 2.24) is 10.6 Å². The summed E-state index contributed by atoms with van der Waals surface area (Å²) in [4.78, 5) is 11.6. The van der Waals surface area contributed by atoms with Gasteiger partial charge in [0.1, 0.15) is 0 Å². The third kappa shape index (κ3) is 4.18. The first-order valence-corrected chi connectivity index (χ1v) is 5.80. The molecule has 0 spiro atoms. The van der Waals surface area contributed by atoms with Crippen molar-refractivity contribution in [3.05, 3.63) is 0 Å². The SMILES string of the molecule is CC(C)C(O)CNC(=O)C1CCCCN1. The number of amides is 1. The minimum atomic E-state index is -0.447. The van der Waals surface area contributed by atoms with E-state index in [0.717, 1.165) is 25.8 Å². The summed E-state index contributed by atoms with van der Waals surface area (Å²) in [5.74, 6) is 0.207. The molecule has 0 saturated carbocycles. The van der Waals surface area contributed by atoms with Gasteiger partial charge in [0, 0.05) is 6.54 Å². The van der Waals surface area contributed by atoms with Gasteiger partial charge in [-0.15, -0.1) is 0 Å². The maximum Gasteiger partial charge on any atom is 0.237 e. The summed E-state index contributed by atoms with van der Waals surface area (Å²) in [5.41, 5.74) is 0. The summed E-state index contributed by atoms with van der Waals surface area (Å²) in [6.07, 6.45) is 2.72. The van der Waals surface area contributed by atoms with Crippen molar-refractivity contribution >= 4 is 5.91 Å². The zero-order valence-corrected chi connectivity index (χ0v) is 9.62. The second-order valence-corrected chi connectivity index (χ2v) is 4.56. The summed E-state index contributed by atoms with van der Waals surface area (Å²) in [5, 5.41) is 15.5. The Morgan fingerprint density at radius 3 is 2.80 bits per heavy atom. The summed E-state index contributed by atoms with van der Waals surface area (Å²) in [7, 11) is 0. The molecule has 15 heavy (non-hydrogen) atoms. The van der Waals surface area contributed by atoms with Crippen molar-refractivity contribution in [1.29, 1.82) is 0 Å². The number of hydrogen-bond donors (Lipinski definition) is 3. The molecule has 1 aliphatic heterocycles. The van der Waals surface area contributed by atoms with Gasteiger partial charge in [0.15, 0.2) is 0 Å². The molecule has 0 aromatic carbocycles. The third-order valence-corrected chi connectivity index (χ3v) is 2.88. The van der Waals surface area contributed by atoms with Crippen LogP contribution in [0.15, 0.2) is 0 Å². The van der Waals surface area contributed by atoms with E-state index in [2.05, 4.69) is 10.6 Å². The van der Waals surface area contributed by atoms with E-state index in [-0.39, 0.29) is 17.9 Å². The van der Waals surface area contributed by atoms with Crippen LogP contribution in [0.5, 0.6) is 0 Å². The second-order valence-electron chi connectivity index (χ2n) is 4.56. The van der Waals surface area contributed by atoms with Crippen LogP contribution in [0.3, 0.4) is 0 Å².